The molecular weight excluding hydrogens is 205 g/mol. The molecule has 0 bridgehead atoms. The molecule has 0 aromatic heterocycles. The number of benzene rings is 1. The van der Waals surface area contributed by atoms with E-state index in [4.69, 9.17) is 10.00 Å². The van der Waals surface area contributed by atoms with Crippen LogP contribution in [0.2, 0.25) is 0 Å². The second-order valence-electron chi connectivity index (χ2n) is 4.52. The Morgan fingerprint density at radius 2 is 2.06 bits per heavy atom. The molecule has 0 atom stereocenters. The smallest absolute Gasteiger partial charge is 0.166 e. The molecule has 16 heavy (non-hydrogen) atoms. The molecule has 0 N–H and O–H groups in total. The first kappa shape index (κ1) is 10.9. The quantitative estimate of drug-likeness (QED) is 0.763. The van der Waals surface area contributed by atoms with Crippen molar-refractivity contribution in [3.05, 3.63) is 29.6 Å². The fraction of sp³-hybridized carbons (Fsp3) is 0.462. The van der Waals surface area contributed by atoms with Gasteiger partial charge in [-0.1, -0.05) is 0 Å². The van der Waals surface area contributed by atoms with E-state index in [1.165, 1.54) is 12.1 Å². The highest BCUT2D eigenvalue weighted by Gasteiger charge is 2.31. The molecule has 1 aliphatic rings. The van der Waals surface area contributed by atoms with Gasteiger partial charge in [-0.15, -0.1) is 0 Å². The van der Waals surface area contributed by atoms with Gasteiger partial charge in [-0.2, -0.15) is 5.26 Å². The zero-order valence-electron chi connectivity index (χ0n) is 9.29. The van der Waals surface area contributed by atoms with Gasteiger partial charge in [0, 0.05) is 0 Å². The molecule has 0 aliphatic heterocycles. The van der Waals surface area contributed by atoms with Crippen LogP contribution in [0.1, 0.15) is 38.2 Å². The minimum Gasteiger partial charge on any atom is -0.485 e. The fourth-order valence-corrected chi connectivity index (χ4v) is 2.14. The minimum absolute atomic E-state index is 0.241. The van der Waals surface area contributed by atoms with E-state index < -0.39 is 5.82 Å². The Hall–Kier alpha value is -1.56. The molecule has 1 fully saturated rings. The van der Waals surface area contributed by atoms with E-state index in [1.807, 2.05) is 13.0 Å². The lowest BCUT2D eigenvalue weighted by molar-refractivity contribution is 0.0914. The summed E-state index contributed by atoms with van der Waals surface area (Å²) in [4.78, 5) is 0. The molecule has 1 aromatic rings. The van der Waals surface area contributed by atoms with Crippen molar-refractivity contribution in [3.63, 3.8) is 0 Å². The summed E-state index contributed by atoms with van der Waals surface area (Å²) < 4.78 is 19.3. The first-order valence-electron chi connectivity index (χ1n) is 5.52. The van der Waals surface area contributed by atoms with E-state index in [2.05, 4.69) is 0 Å². The molecule has 84 valence electrons. The predicted octanol–water partition coefficient (Wildman–Crippen LogP) is 3.41. The maximum absolute atomic E-state index is 13.6. The maximum atomic E-state index is 13.6. The molecule has 0 amide bonds. The highest BCUT2D eigenvalue weighted by molar-refractivity contribution is 5.36. The summed E-state index contributed by atoms with van der Waals surface area (Å²) in [5.74, 6) is -0.199. The lowest BCUT2D eigenvalue weighted by Gasteiger charge is -2.25. The Morgan fingerprint density at radius 3 is 2.62 bits per heavy atom. The van der Waals surface area contributed by atoms with Gasteiger partial charge in [-0.05, 0) is 50.8 Å². The van der Waals surface area contributed by atoms with E-state index in [0.717, 1.165) is 25.7 Å². The Labute approximate surface area is 94.7 Å². The number of hydrogen-bond donors (Lipinski definition) is 0. The van der Waals surface area contributed by atoms with Gasteiger partial charge in [0.15, 0.2) is 11.6 Å². The molecular formula is C13H14FNO. The summed E-state index contributed by atoms with van der Waals surface area (Å²) in [6.07, 6.45) is 4.20. The van der Waals surface area contributed by atoms with Gasteiger partial charge in [0.05, 0.1) is 11.6 Å². The van der Waals surface area contributed by atoms with Crippen LogP contribution < -0.4 is 4.74 Å². The molecule has 0 unspecified atom stereocenters. The van der Waals surface area contributed by atoms with Gasteiger partial charge in [-0.25, -0.2) is 4.39 Å². The summed E-state index contributed by atoms with van der Waals surface area (Å²) in [6.45, 7) is 2.01. The van der Waals surface area contributed by atoms with Crippen LogP contribution in [0.3, 0.4) is 0 Å². The number of ether oxygens (including phenoxy) is 1. The SMILES string of the molecule is CC1(Oc2ccc(C#N)cc2F)CCCC1. The van der Waals surface area contributed by atoms with E-state index >= 15 is 0 Å². The summed E-state index contributed by atoms with van der Waals surface area (Å²) in [5, 5.41) is 8.63. The molecule has 1 saturated carbocycles. The summed E-state index contributed by atoms with van der Waals surface area (Å²) >= 11 is 0. The molecule has 0 heterocycles. The predicted molar refractivity (Wildman–Crippen MR) is 58.6 cm³/mol. The molecule has 1 aliphatic carbocycles. The maximum Gasteiger partial charge on any atom is 0.166 e. The van der Waals surface area contributed by atoms with E-state index in [1.54, 1.807) is 6.07 Å². The van der Waals surface area contributed by atoms with Crippen LogP contribution in [0.25, 0.3) is 0 Å². The van der Waals surface area contributed by atoms with Crippen molar-refractivity contribution in [2.24, 2.45) is 0 Å². The molecule has 0 radical (unpaired) electrons. The largest absolute Gasteiger partial charge is 0.485 e. The molecule has 3 heteroatoms. The van der Waals surface area contributed by atoms with Crippen LogP contribution in [0.15, 0.2) is 18.2 Å². The standard InChI is InChI=1S/C13H14FNO/c1-13(6-2-3-7-13)16-12-5-4-10(9-15)8-11(12)14/h4-5,8H,2-3,6-7H2,1H3. The third kappa shape index (κ3) is 2.16. The molecule has 0 saturated heterocycles. The number of nitriles is 1. The van der Waals surface area contributed by atoms with Crippen molar-refractivity contribution in [1.82, 2.24) is 0 Å². The monoisotopic (exact) mass is 219 g/mol. The van der Waals surface area contributed by atoms with Crippen molar-refractivity contribution in [2.45, 2.75) is 38.2 Å². The van der Waals surface area contributed by atoms with Gasteiger partial charge < -0.3 is 4.74 Å². The number of halogens is 1. The third-order valence-electron chi connectivity index (χ3n) is 3.08. The van der Waals surface area contributed by atoms with Gasteiger partial charge in [0.25, 0.3) is 0 Å². The van der Waals surface area contributed by atoms with E-state index in [0.29, 0.717) is 5.56 Å². The van der Waals surface area contributed by atoms with E-state index in [9.17, 15) is 4.39 Å². The number of rotatable bonds is 2. The lowest BCUT2D eigenvalue weighted by Crippen LogP contribution is -2.28. The van der Waals surface area contributed by atoms with Crippen molar-refractivity contribution in [1.29, 1.82) is 5.26 Å². The Balaban J connectivity index is 2.19. The average molecular weight is 219 g/mol. The summed E-state index contributed by atoms with van der Waals surface area (Å²) in [6, 6.07) is 6.24. The second kappa shape index (κ2) is 4.13. The Morgan fingerprint density at radius 1 is 1.38 bits per heavy atom. The van der Waals surface area contributed by atoms with Crippen LogP contribution in [-0.4, -0.2) is 5.60 Å². The second-order valence-corrected chi connectivity index (χ2v) is 4.52. The van der Waals surface area contributed by atoms with Crippen LogP contribution in [0.5, 0.6) is 5.75 Å². The van der Waals surface area contributed by atoms with Crippen molar-refractivity contribution in [3.8, 4) is 11.8 Å². The summed E-state index contributed by atoms with van der Waals surface area (Å²) in [7, 11) is 0. The zero-order valence-corrected chi connectivity index (χ0v) is 9.29. The minimum atomic E-state index is -0.452. The topological polar surface area (TPSA) is 33.0 Å². The van der Waals surface area contributed by atoms with Crippen LogP contribution in [-0.2, 0) is 0 Å². The molecule has 0 spiro atoms. The average Bonchev–Trinajstić information content (AvgIpc) is 2.68. The fourth-order valence-electron chi connectivity index (χ4n) is 2.14. The number of nitrogens with zero attached hydrogens (tertiary/aromatic N) is 1. The third-order valence-corrected chi connectivity index (χ3v) is 3.08. The van der Waals surface area contributed by atoms with Crippen LogP contribution >= 0.6 is 0 Å². The van der Waals surface area contributed by atoms with Crippen molar-refractivity contribution < 1.29 is 9.13 Å². The van der Waals surface area contributed by atoms with Crippen molar-refractivity contribution in [2.75, 3.05) is 0 Å². The van der Waals surface area contributed by atoms with Gasteiger partial charge >= 0.3 is 0 Å². The summed E-state index contributed by atoms with van der Waals surface area (Å²) in [5.41, 5.74) is 0.0797. The lowest BCUT2D eigenvalue weighted by atomic mass is 10.1. The van der Waals surface area contributed by atoms with Crippen LogP contribution in [0.4, 0.5) is 4.39 Å². The van der Waals surface area contributed by atoms with Gasteiger partial charge in [0.2, 0.25) is 0 Å². The Bertz CT molecular complexity index is 430. The van der Waals surface area contributed by atoms with E-state index in [-0.39, 0.29) is 11.4 Å². The highest BCUT2D eigenvalue weighted by Crippen LogP contribution is 2.34. The molecule has 1 aromatic carbocycles. The first-order valence-corrected chi connectivity index (χ1v) is 5.52. The Kier molecular flexibility index (Phi) is 2.82. The normalized spacial score (nSPS) is 18.1. The zero-order chi connectivity index (χ0) is 11.6. The van der Waals surface area contributed by atoms with Crippen LogP contribution in [0, 0.1) is 17.1 Å². The number of hydrogen-bond acceptors (Lipinski definition) is 2. The molecule has 2 rings (SSSR count). The van der Waals surface area contributed by atoms with Gasteiger partial charge in [0.1, 0.15) is 5.60 Å². The van der Waals surface area contributed by atoms with Gasteiger partial charge in [-0.3, -0.25) is 0 Å². The van der Waals surface area contributed by atoms with Crippen molar-refractivity contribution >= 4 is 0 Å². The molecule has 2 nitrogen and oxygen atoms in total. The highest BCUT2D eigenvalue weighted by atomic mass is 19.1. The first-order chi connectivity index (χ1) is 7.63.